The monoisotopic (exact) mass is 337 g/mol. The van der Waals surface area contributed by atoms with Crippen molar-refractivity contribution in [3.05, 3.63) is 65.1 Å². The number of allylic oxidation sites excluding steroid dienone is 1. The van der Waals surface area contributed by atoms with Crippen LogP contribution in [0.1, 0.15) is 12.0 Å². The Morgan fingerprint density at radius 2 is 2.08 bits per heavy atom. The molecule has 1 saturated heterocycles. The number of benzene rings is 1. The van der Waals surface area contributed by atoms with Crippen molar-refractivity contribution in [2.24, 2.45) is 4.99 Å². The second kappa shape index (κ2) is 5.94. The quantitative estimate of drug-likeness (QED) is 0.710. The molecule has 3 heterocycles. The van der Waals surface area contributed by atoms with E-state index in [1.54, 1.807) is 42.7 Å². The molecule has 0 radical (unpaired) electrons. The van der Waals surface area contributed by atoms with Gasteiger partial charge in [-0.1, -0.05) is 11.6 Å². The first-order chi connectivity index (χ1) is 11.7. The first-order valence-electron chi connectivity index (χ1n) is 7.37. The second-order valence-electron chi connectivity index (χ2n) is 5.34. The van der Waals surface area contributed by atoms with Crippen molar-refractivity contribution in [1.82, 2.24) is 9.97 Å². The molecule has 0 saturated carbocycles. The summed E-state index contributed by atoms with van der Waals surface area (Å²) in [6.45, 7) is 0. The Kier molecular flexibility index (Phi) is 3.63. The number of hydrogen-bond acceptors (Lipinski definition) is 4. The van der Waals surface area contributed by atoms with Crippen LogP contribution in [0.5, 0.6) is 0 Å². The van der Waals surface area contributed by atoms with E-state index < -0.39 is 0 Å². The number of ether oxygens (including phenoxy) is 1. The number of hydrogen-bond donors (Lipinski definition) is 1. The minimum Gasteiger partial charge on any atom is -0.439 e. The fourth-order valence-corrected chi connectivity index (χ4v) is 2.64. The van der Waals surface area contributed by atoms with Crippen molar-refractivity contribution in [2.45, 2.75) is 6.42 Å². The van der Waals surface area contributed by atoms with E-state index >= 15 is 0 Å². The molecule has 118 valence electrons. The Labute approximate surface area is 142 Å². The van der Waals surface area contributed by atoms with Crippen LogP contribution < -0.4 is 0 Å². The van der Waals surface area contributed by atoms with Crippen LogP contribution in [0.25, 0.3) is 17.1 Å². The van der Waals surface area contributed by atoms with Crippen molar-refractivity contribution in [1.29, 1.82) is 0 Å². The predicted octanol–water partition coefficient (Wildman–Crippen LogP) is 4.28. The third-order valence-electron chi connectivity index (χ3n) is 3.66. The number of rotatable bonds is 2. The number of aromatic nitrogens is 2. The maximum absolute atomic E-state index is 12.2. The lowest BCUT2D eigenvalue weighted by Crippen LogP contribution is -1.92. The molecular weight excluding hydrogens is 326 g/mol. The molecule has 24 heavy (non-hydrogen) atoms. The zero-order valence-electron chi connectivity index (χ0n) is 12.5. The summed E-state index contributed by atoms with van der Waals surface area (Å²) >= 11 is 5.85. The van der Waals surface area contributed by atoms with Crippen molar-refractivity contribution in [3.63, 3.8) is 0 Å². The van der Waals surface area contributed by atoms with Gasteiger partial charge in [0.1, 0.15) is 5.65 Å². The number of H-pyrrole nitrogens is 1. The molecule has 4 rings (SSSR count). The third-order valence-corrected chi connectivity index (χ3v) is 3.92. The number of aromatic amines is 1. The molecule has 6 heteroatoms. The van der Waals surface area contributed by atoms with E-state index in [0.717, 1.165) is 16.6 Å². The van der Waals surface area contributed by atoms with Crippen LogP contribution in [-0.4, -0.2) is 21.6 Å². The number of aliphatic imine (C=N–C) groups is 1. The molecule has 0 aliphatic carbocycles. The number of pyridine rings is 1. The zero-order valence-corrected chi connectivity index (χ0v) is 13.2. The zero-order chi connectivity index (χ0) is 16.5. The molecule has 0 unspecified atom stereocenters. The number of carbonyl (C=O) groups is 1. The molecule has 1 aromatic carbocycles. The molecular formula is C18H12ClN3O2. The molecule has 2 aromatic heterocycles. The van der Waals surface area contributed by atoms with Gasteiger partial charge in [-0.05, 0) is 42.5 Å². The average molecular weight is 338 g/mol. The normalized spacial score (nSPS) is 17.8. The topological polar surface area (TPSA) is 67.3 Å². The second-order valence-corrected chi connectivity index (χ2v) is 5.77. The van der Waals surface area contributed by atoms with E-state index in [1.807, 2.05) is 12.1 Å². The largest absolute Gasteiger partial charge is 0.439 e. The van der Waals surface area contributed by atoms with Crippen LogP contribution in [0.15, 0.2) is 59.5 Å². The van der Waals surface area contributed by atoms with E-state index in [0.29, 0.717) is 16.6 Å². The summed E-state index contributed by atoms with van der Waals surface area (Å²) in [4.78, 5) is 23.8. The molecule has 1 N–H and O–H groups in total. The molecule has 1 aliphatic rings. The van der Waals surface area contributed by atoms with Crippen LogP contribution in [0.2, 0.25) is 5.02 Å². The van der Waals surface area contributed by atoms with E-state index in [-0.39, 0.29) is 18.0 Å². The maximum Gasteiger partial charge on any atom is 0.207 e. The molecule has 0 bridgehead atoms. The molecule has 5 nitrogen and oxygen atoms in total. The summed E-state index contributed by atoms with van der Waals surface area (Å²) in [6.07, 6.45) is 5.38. The highest BCUT2D eigenvalue weighted by atomic mass is 35.5. The Morgan fingerprint density at radius 1 is 1.25 bits per heavy atom. The summed E-state index contributed by atoms with van der Waals surface area (Å²) in [6, 6.07) is 10.8. The number of nitrogens with one attached hydrogen (secondary N) is 1. The first kappa shape index (κ1) is 14.7. The number of nitrogens with zero attached hydrogens (tertiary/aromatic N) is 2. The Hall–Kier alpha value is -2.92. The van der Waals surface area contributed by atoms with Gasteiger partial charge in [-0.25, -0.2) is 9.98 Å². The SMILES string of the molecule is O=C1CC(=Nc2ccc(Cl)cc2)O/C1=C\c1c[nH]c2ncccc12. The fourth-order valence-electron chi connectivity index (χ4n) is 2.51. The highest BCUT2D eigenvalue weighted by Crippen LogP contribution is 2.25. The third kappa shape index (κ3) is 2.81. The lowest BCUT2D eigenvalue weighted by molar-refractivity contribution is -0.114. The van der Waals surface area contributed by atoms with Gasteiger partial charge in [0, 0.05) is 28.4 Å². The fraction of sp³-hybridized carbons (Fsp3) is 0.0556. The maximum atomic E-state index is 12.2. The molecule has 0 atom stereocenters. The highest BCUT2D eigenvalue weighted by Gasteiger charge is 2.26. The van der Waals surface area contributed by atoms with Crippen LogP contribution in [0, 0.1) is 0 Å². The van der Waals surface area contributed by atoms with Gasteiger partial charge in [-0.3, -0.25) is 4.79 Å². The first-order valence-corrected chi connectivity index (χ1v) is 7.75. The molecule has 1 aliphatic heterocycles. The molecule has 0 amide bonds. The molecule has 1 fully saturated rings. The average Bonchev–Trinajstić information content (AvgIpc) is 3.14. The summed E-state index contributed by atoms with van der Waals surface area (Å²) < 4.78 is 5.62. The van der Waals surface area contributed by atoms with Gasteiger partial charge < -0.3 is 9.72 Å². The predicted molar refractivity (Wildman–Crippen MR) is 93.3 cm³/mol. The van der Waals surface area contributed by atoms with Crippen LogP contribution in [-0.2, 0) is 9.53 Å². The van der Waals surface area contributed by atoms with Crippen molar-refractivity contribution < 1.29 is 9.53 Å². The molecule has 0 spiro atoms. The Morgan fingerprint density at radius 3 is 2.92 bits per heavy atom. The standard InChI is InChI=1S/C18H12ClN3O2/c19-12-3-5-13(6-4-12)22-17-9-15(23)16(24-17)8-11-10-21-18-14(11)2-1-7-20-18/h1-8,10H,9H2,(H,20,21)/b16-8-,22-17?. The highest BCUT2D eigenvalue weighted by molar-refractivity contribution is 6.30. The smallest absolute Gasteiger partial charge is 0.207 e. The lowest BCUT2D eigenvalue weighted by atomic mass is 10.1. The van der Waals surface area contributed by atoms with Crippen LogP contribution in [0.4, 0.5) is 5.69 Å². The van der Waals surface area contributed by atoms with E-state index in [9.17, 15) is 4.79 Å². The van der Waals surface area contributed by atoms with Gasteiger partial charge in [-0.15, -0.1) is 0 Å². The number of ketones is 1. The number of carbonyl (C=O) groups excluding carboxylic acids is 1. The van der Waals surface area contributed by atoms with E-state index in [4.69, 9.17) is 16.3 Å². The minimum atomic E-state index is -0.0963. The van der Waals surface area contributed by atoms with Gasteiger partial charge in [0.15, 0.2) is 5.76 Å². The number of Topliss-reactive ketones (excluding diaryl/α,β-unsaturated/α-hetero) is 1. The van der Waals surface area contributed by atoms with Crippen molar-refractivity contribution >= 4 is 46.1 Å². The minimum absolute atomic E-state index is 0.0963. The van der Waals surface area contributed by atoms with Gasteiger partial charge in [0.05, 0.1) is 12.1 Å². The summed E-state index contributed by atoms with van der Waals surface area (Å²) in [7, 11) is 0. The van der Waals surface area contributed by atoms with E-state index in [1.165, 1.54) is 0 Å². The van der Waals surface area contributed by atoms with Crippen LogP contribution >= 0.6 is 11.6 Å². The summed E-state index contributed by atoms with van der Waals surface area (Å²) in [5.41, 5.74) is 2.32. The lowest BCUT2D eigenvalue weighted by Gasteiger charge is -1.99. The summed E-state index contributed by atoms with van der Waals surface area (Å²) in [5, 5.41) is 1.57. The van der Waals surface area contributed by atoms with Crippen molar-refractivity contribution in [3.8, 4) is 0 Å². The van der Waals surface area contributed by atoms with Gasteiger partial charge in [0.25, 0.3) is 0 Å². The van der Waals surface area contributed by atoms with Crippen molar-refractivity contribution in [2.75, 3.05) is 0 Å². The Bertz CT molecular complexity index is 987. The summed E-state index contributed by atoms with van der Waals surface area (Å²) in [5.74, 6) is 0.569. The van der Waals surface area contributed by atoms with E-state index in [2.05, 4.69) is 15.0 Å². The van der Waals surface area contributed by atoms with Gasteiger partial charge in [0.2, 0.25) is 11.7 Å². The van der Waals surface area contributed by atoms with Gasteiger partial charge in [-0.2, -0.15) is 0 Å². The molecule has 3 aromatic rings. The number of fused-ring (bicyclic) bond motifs is 1. The number of halogens is 1. The van der Waals surface area contributed by atoms with Gasteiger partial charge >= 0.3 is 0 Å². The Balaban J connectivity index is 1.63. The van der Waals surface area contributed by atoms with Crippen LogP contribution in [0.3, 0.4) is 0 Å².